The summed E-state index contributed by atoms with van der Waals surface area (Å²) in [6, 6.07) is 78.2. The van der Waals surface area contributed by atoms with Gasteiger partial charge in [0.05, 0.1) is 44.9 Å². The van der Waals surface area contributed by atoms with Crippen molar-refractivity contribution >= 4 is 137 Å². The Labute approximate surface area is 499 Å². The van der Waals surface area contributed by atoms with Crippen LogP contribution in [0.25, 0.3) is 119 Å². The Balaban J connectivity index is 0.957. The van der Waals surface area contributed by atoms with Crippen LogP contribution >= 0.6 is 11.3 Å². The number of nitriles is 1. The molecule has 0 fully saturated rings. The molecule has 8 heteroatoms. The van der Waals surface area contributed by atoms with E-state index in [9.17, 15) is 8.00 Å². The Hall–Kier alpha value is -10.6. The van der Waals surface area contributed by atoms with Crippen LogP contribution in [0, 0.1) is 11.3 Å². The number of hydrogen-bond acceptors (Lipinski definition) is 5. The molecule has 18 rings (SSSR count). The third-order valence-electron chi connectivity index (χ3n) is 17.9. The summed E-state index contributed by atoms with van der Waals surface area (Å²) >= 11 is 1.80. The first kappa shape index (κ1) is 44.1. The maximum absolute atomic E-state index is 10.2. The third kappa shape index (κ3) is 6.93. The van der Waals surface area contributed by atoms with Gasteiger partial charge in [-0.15, -0.1) is 11.3 Å². The normalized spacial score (nSPS) is 13.6. The van der Waals surface area contributed by atoms with Crippen molar-refractivity contribution < 1.29 is 14.6 Å². The highest BCUT2D eigenvalue weighted by molar-refractivity contribution is 7.26. The predicted molar refractivity (Wildman–Crippen MR) is 355 cm³/mol. The average Bonchev–Trinajstić information content (AvgIpc) is 1.80. The number of anilines is 3. The molecule has 0 unspecified atom stereocenters. The lowest BCUT2D eigenvalue weighted by atomic mass is 9.34. The summed E-state index contributed by atoms with van der Waals surface area (Å²) in [5, 5.41) is 18.0. The van der Waals surface area contributed by atoms with Crippen molar-refractivity contribution in [3.63, 3.8) is 0 Å². The van der Waals surface area contributed by atoms with E-state index in [2.05, 4.69) is 236 Å². The molecule has 398 valence electrons. The van der Waals surface area contributed by atoms with Crippen LogP contribution in [-0.4, -0.2) is 15.8 Å². The summed E-state index contributed by atoms with van der Waals surface area (Å²) < 4.78 is 58.3. The zero-order chi connectivity index (χ0) is 59.9. The van der Waals surface area contributed by atoms with Crippen molar-refractivity contribution in [3.05, 3.63) is 254 Å². The largest absolute Gasteiger partial charge is 0.458 e. The highest BCUT2D eigenvalue weighted by Crippen LogP contribution is 2.50. The molecule has 6 nitrogen and oxygen atoms in total. The Kier molecular flexibility index (Phi) is 9.18. The fourth-order valence-electron chi connectivity index (χ4n) is 14.0. The van der Waals surface area contributed by atoms with E-state index in [0.717, 1.165) is 100 Å². The summed E-state index contributed by atoms with van der Waals surface area (Å²) in [5.74, 6) is 1.45. The summed E-state index contributed by atoms with van der Waals surface area (Å²) in [4.78, 5) is 2.39. The number of aromatic nitrogens is 2. The van der Waals surface area contributed by atoms with Gasteiger partial charge < -0.3 is 23.2 Å². The van der Waals surface area contributed by atoms with Gasteiger partial charge in [-0.25, -0.2) is 0 Å². The zero-order valence-corrected chi connectivity index (χ0v) is 47.2. The van der Waals surface area contributed by atoms with Gasteiger partial charge in [-0.2, -0.15) is 5.26 Å². The van der Waals surface area contributed by atoms with E-state index in [0.29, 0.717) is 38.8 Å². The molecule has 0 saturated carbocycles. The Morgan fingerprint density at radius 1 is 0.494 bits per heavy atom. The Morgan fingerprint density at radius 3 is 2.02 bits per heavy atom. The van der Waals surface area contributed by atoms with Crippen LogP contribution in [0.5, 0.6) is 11.5 Å². The van der Waals surface area contributed by atoms with Crippen LogP contribution in [-0.2, 0) is 5.41 Å². The highest BCUT2D eigenvalue weighted by atomic mass is 32.1. The van der Waals surface area contributed by atoms with Crippen LogP contribution in [0.2, 0.25) is 0 Å². The molecule has 0 N–H and O–H groups in total. The quantitative estimate of drug-likeness (QED) is 0.161. The first-order chi connectivity index (χ1) is 43.4. The molecule has 0 atom stereocenters. The molecule has 16 aromatic rings. The summed E-state index contributed by atoms with van der Waals surface area (Å²) in [7, 11) is 0. The molecule has 85 heavy (non-hydrogen) atoms. The van der Waals surface area contributed by atoms with E-state index in [1.54, 1.807) is 23.5 Å². The predicted octanol–water partition coefficient (Wildman–Crippen LogP) is 19.1. The lowest BCUT2D eigenvalue weighted by Gasteiger charge is -2.41. The number of rotatable bonds is 5. The van der Waals surface area contributed by atoms with Crippen molar-refractivity contribution in [2.45, 2.75) is 26.2 Å². The molecule has 6 heterocycles. The minimum atomic E-state index is -0.352. The second kappa shape index (κ2) is 17.7. The number of benzene rings is 12. The van der Waals surface area contributed by atoms with Gasteiger partial charge in [0.1, 0.15) is 22.7 Å². The van der Waals surface area contributed by atoms with E-state index in [-0.39, 0.29) is 36.3 Å². The molecule has 0 aliphatic carbocycles. The molecule has 2 aliphatic heterocycles. The first-order valence-corrected chi connectivity index (χ1v) is 29.5. The SMILES string of the molecule is [2H]c1c([2H])c([2H])c2c(c1[2H])c1cc(C#N)ccc1n2-c1ccc2c(c1)N(c1ccc(C(C)(C)C)cc1-c1ccccc1)c1cc(-c3cccc4c3oc3ccc5sc6ccccc6c5c34)cc3c1B2c1ccc(-n2c4ccccc4c4ccccc42)cc1O3. The first-order valence-electron chi connectivity index (χ1n) is 30.7. The van der Waals surface area contributed by atoms with Gasteiger partial charge in [0.25, 0.3) is 6.71 Å². The molecule has 0 radical (unpaired) electrons. The van der Waals surface area contributed by atoms with Gasteiger partial charge in [0.2, 0.25) is 0 Å². The van der Waals surface area contributed by atoms with Gasteiger partial charge in [0.15, 0.2) is 0 Å². The summed E-state index contributed by atoms with van der Waals surface area (Å²) in [6.45, 7) is 6.39. The molecule has 2 aliphatic rings. The molecule has 12 aromatic carbocycles. The Morgan fingerprint density at radius 2 is 1.21 bits per heavy atom. The van der Waals surface area contributed by atoms with Crippen LogP contribution < -0.4 is 26.0 Å². The number of fused-ring (bicyclic) bond motifs is 17. The number of hydrogen-bond donors (Lipinski definition) is 0. The topological polar surface area (TPSA) is 59.3 Å². The van der Waals surface area contributed by atoms with Gasteiger partial charge in [-0.05, 0) is 136 Å². The Bertz CT molecular complexity index is 5820. The minimum absolute atomic E-state index is 0.161. The van der Waals surface area contributed by atoms with Crippen LogP contribution in [0.1, 0.15) is 37.4 Å². The van der Waals surface area contributed by atoms with E-state index in [4.69, 9.17) is 11.9 Å². The molecule has 4 aromatic heterocycles. The maximum Gasteiger partial charge on any atom is 0.256 e. The monoisotopic (exact) mass is 1110 g/mol. The molecule has 0 saturated heterocycles. The van der Waals surface area contributed by atoms with Gasteiger partial charge in [0, 0.05) is 92.4 Å². The number of nitrogens with zero attached hydrogens (tertiary/aromatic N) is 4. The van der Waals surface area contributed by atoms with Crippen LogP contribution in [0.15, 0.2) is 247 Å². The van der Waals surface area contributed by atoms with E-state index in [1.807, 2.05) is 10.6 Å². The maximum atomic E-state index is 10.2. The van der Waals surface area contributed by atoms with Gasteiger partial charge in [-0.1, -0.05) is 160 Å². The average molecular weight is 1110 g/mol. The van der Waals surface area contributed by atoms with Crippen LogP contribution in [0.4, 0.5) is 17.1 Å². The van der Waals surface area contributed by atoms with Gasteiger partial charge >= 0.3 is 0 Å². The minimum Gasteiger partial charge on any atom is -0.458 e. The highest BCUT2D eigenvalue weighted by Gasteiger charge is 2.43. The number of ether oxygens (including phenoxy) is 1. The molecular formula is C77H49BN4O2S. The molecular weight excluding hydrogens is 1060 g/mol. The summed E-state index contributed by atoms with van der Waals surface area (Å²) in [5.41, 5.74) is 17.4. The third-order valence-corrected chi connectivity index (χ3v) is 19.0. The second-order valence-electron chi connectivity index (χ2n) is 23.6. The molecule has 0 amide bonds. The lowest BCUT2D eigenvalue weighted by molar-refractivity contribution is 0.487. The van der Waals surface area contributed by atoms with E-state index < -0.39 is 0 Å². The fraction of sp³-hybridized carbons (Fsp3) is 0.0519. The smallest absolute Gasteiger partial charge is 0.256 e. The van der Waals surface area contributed by atoms with E-state index >= 15 is 0 Å². The second-order valence-corrected chi connectivity index (χ2v) is 24.6. The number of furan rings is 1. The van der Waals surface area contributed by atoms with Crippen LogP contribution in [0.3, 0.4) is 0 Å². The molecule has 0 spiro atoms. The lowest BCUT2D eigenvalue weighted by Crippen LogP contribution is -2.59. The van der Waals surface area contributed by atoms with Crippen molar-refractivity contribution in [2.75, 3.05) is 4.90 Å². The molecule has 0 bridgehead atoms. The van der Waals surface area contributed by atoms with E-state index in [1.165, 1.54) is 36.5 Å². The van der Waals surface area contributed by atoms with Crippen molar-refractivity contribution in [1.29, 1.82) is 5.26 Å². The number of thiophene rings is 1. The summed E-state index contributed by atoms with van der Waals surface area (Å²) in [6.07, 6.45) is 0. The van der Waals surface area contributed by atoms with Crippen molar-refractivity contribution in [2.24, 2.45) is 0 Å². The fourth-order valence-corrected chi connectivity index (χ4v) is 15.2. The van der Waals surface area contributed by atoms with Crippen molar-refractivity contribution in [3.8, 4) is 51.2 Å². The van der Waals surface area contributed by atoms with Gasteiger partial charge in [-0.3, -0.25) is 0 Å². The number of para-hydroxylation sites is 4. The van der Waals surface area contributed by atoms with Crippen molar-refractivity contribution in [1.82, 2.24) is 9.13 Å². The standard InChI is InChI=1S/C77H49BN4O2S/c1-77(2,3)48-29-35-64(57(41-48)46-16-5-4-6-17-46)82-66-42-49(80-63-26-13-9-20-54(63)58-38-45(44-79)28-34-65(58)80)30-32-59(66)78-60-33-31-50(81-61-24-11-7-18-52(61)53-19-8-12-25-62(53)81)43-69(60)83-70-40-47(39-67(82)75(70)78)51-22-15-23-56-73-68(84-76(51)56)36-37-72-74(73)55-21-10-14-27-71(55)85-72/h4-43H,1-3H3/i9D,13D,20D,26D. The zero-order valence-electron chi connectivity index (χ0n) is 50.4.